The van der Waals surface area contributed by atoms with Crippen LogP contribution in [0.3, 0.4) is 0 Å². The summed E-state index contributed by atoms with van der Waals surface area (Å²) in [6.45, 7) is 2.78. The maximum atomic E-state index is 9.53. The Kier molecular flexibility index (Phi) is 26.8. The molecule has 3 radical (unpaired) electrons. The molecule has 0 amide bonds. The van der Waals surface area contributed by atoms with Crippen molar-refractivity contribution < 1.29 is 47.0 Å². The Bertz CT molecular complexity index is 87.0. The zero-order chi connectivity index (χ0) is 7.70. The molecule has 3 nitrogen and oxygen atoms in total. The first-order chi connectivity index (χ1) is 4.18. The van der Waals surface area contributed by atoms with E-state index in [0.717, 1.165) is 0 Å². The van der Waals surface area contributed by atoms with E-state index in [1.165, 1.54) is 20.0 Å². The van der Waals surface area contributed by atoms with E-state index in [-0.39, 0.29) is 38.4 Å². The first-order valence-corrected chi connectivity index (χ1v) is 2.18. The molecule has 0 spiro atoms. The van der Waals surface area contributed by atoms with Gasteiger partial charge < -0.3 is 20.7 Å². The molecule has 53 valence electrons. The SMILES string of the molecule is CO[C-]=O.[B]C(=O)[CH-]C.[Y]. The Balaban J connectivity index is -0.0000000910. The van der Waals surface area contributed by atoms with E-state index in [9.17, 15) is 4.79 Å². The quantitative estimate of drug-likeness (QED) is 0.465. The molecule has 0 aliphatic rings. The smallest absolute Gasteiger partial charge is 0.121 e. The second-order valence-corrected chi connectivity index (χ2v) is 0.979. The average Bonchev–Trinajstić information content (AvgIpc) is 1.89. The van der Waals surface area contributed by atoms with Crippen LogP contribution in [0.2, 0.25) is 0 Å². The number of rotatable bonds is 2. The van der Waals surface area contributed by atoms with Crippen molar-refractivity contribution in [2.75, 3.05) is 7.11 Å². The molecule has 0 aliphatic heterocycles. The molecule has 0 rings (SSSR count). The monoisotopic (exact) mass is 215 g/mol. The number of carbonyl (C=O) groups is 1. The molecule has 0 bridgehead atoms. The zero-order valence-electron chi connectivity index (χ0n) is 5.96. The van der Waals surface area contributed by atoms with Crippen LogP contribution >= 0.6 is 0 Å². The number of ether oxygens (including phenoxy) is 1. The molecule has 0 aromatic rings. The fourth-order valence-corrected chi connectivity index (χ4v) is 0. The van der Waals surface area contributed by atoms with Gasteiger partial charge in [0.05, 0.1) is 0 Å². The van der Waals surface area contributed by atoms with Crippen molar-refractivity contribution in [3.63, 3.8) is 0 Å². The van der Waals surface area contributed by atoms with Crippen molar-refractivity contribution >= 4 is 20.0 Å². The Labute approximate surface area is 87.2 Å². The van der Waals surface area contributed by atoms with Crippen LogP contribution in [-0.2, 0) is 47.0 Å². The summed E-state index contributed by atoms with van der Waals surface area (Å²) in [6, 6.07) is 0. The van der Waals surface area contributed by atoms with Crippen molar-refractivity contribution in [2.45, 2.75) is 6.92 Å². The van der Waals surface area contributed by atoms with E-state index < -0.39 is 0 Å². The molecule has 0 unspecified atom stereocenters. The molecule has 0 aromatic heterocycles. The van der Waals surface area contributed by atoms with Crippen LogP contribution in [0.1, 0.15) is 6.92 Å². The molecule has 5 heteroatoms. The third kappa shape index (κ3) is 41.7. The molecule has 0 aliphatic carbocycles. The largest absolute Gasteiger partial charge is 0.655 e. The molecular weight excluding hydrogens is 208 g/mol. The molecule has 0 saturated carbocycles. The Hall–Kier alpha value is 0.179. The molecule has 0 heterocycles. The Morgan fingerprint density at radius 1 is 1.70 bits per heavy atom. The van der Waals surface area contributed by atoms with Gasteiger partial charge in [-0.3, -0.25) is 0 Å². The standard InChI is InChI=1S/C3H4BO.C2H3O2.Y/c1-2-3(4)5;1-4-2-3;/h2H,1H3;1H3;/q2*-1;. The Morgan fingerprint density at radius 3 is 1.90 bits per heavy atom. The van der Waals surface area contributed by atoms with Gasteiger partial charge in [-0.2, -0.15) is 6.92 Å². The van der Waals surface area contributed by atoms with Gasteiger partial charge in [0, 0.05) is 39.8 Å². The van der Waals surface area contributed by atoms with Gasteiger partial charge in [0.25, 0.3) is 0 Å². The van der Waals surface area contributed by atoms with Gasteiger partial charge in [-0.05, 0) is 0 Å². The van der Waals surface area contributed by atoms with Gasteiger partial charge in [-0.15, -0.1) is 0 Å². The summed E-state index contributed by atoms with van der Waals surface area (Å²) in [5.74, 6) is 0. The molecular formula is C5H7BO3Y-2. The summed E-state index contributed by atoms with van der Waals surface area (Å²) in [5.41, 5.74) is -0.370. The molecule has 0 atom stereocenters. The van der Waals surface area contributed by atoms with Crippen LogP contribution in [0, 0.1) is 6.42 Å². The maximum Gasteiger partial charge on any atom is 0.121 e. The van der Waals surface area contributed by atoms with Gasteiger partial charge in [-0.1, -0.05) is 12.2 Å². The predicted molar refractivity (Wildman–Crippen MR) is 33.4 cm³/mol. The second-order valence-electron chi connectivity index (χ2n) is 0.979. The van der Waals surface area contributed by atoms with E-state index in [2.05, 4.69) is 12.6 Å². The van der Waals surface area contributed by atoms with Crippen molar-refractivity contribution in [1.82, 2.24) is 0 Å². The molecule has 0 aromatic carbocycles. The number of hydrogen-bond acceptors (Lipinski definition) is 3. The number of hydrogen-bond donors (Lipinski definition) is 0. The number of carbonyl (C=O) groups excluding carboxylic acids is 2. The van der Waals surface area contributed by atoms with E-state index in [1.807, 2.05) is 0 Å². The predicted octanol–water partition coefficient (Wildman–Crippen LogP) is -0.397. The fraction of sp³-hybridized carbons (Fsp3) is 0.400. The van der Waals surface area contributed by atoms with Crippen molar-refractivity contribution in [1.29, 1.82) is 0 Å². The average molecular weight is 215 g/mol. The first kappa shape index (κ1) is 16.6. The third-order valence-electron chi connectivity index (χ3n) is 0.368. The molecule has 0 N–H and O–H groups in total. The van der Waals surface area contributed by atoms with Gasteiger partial charge in [-0.25, -0.2) is 0 Å². The van der Waals surface area contributed by atoms with Gasteiger partial charge in [0.15, 0.2) is 0 Å². The van der Waals surface area contributed by atoms with E-state index in [0.29, 0.717) is 0 Å². The minimum atomic E-state index is -0.370. The van der Waals surface area contributed by atoms with Crippen molar-refractivity contribution in [3.05, 3.63) is 6.42 Å². The minimum absolute atomic E-state index is 0. The molecule has 10 heavy (non-hydrogen) atoms. The van der Waals surface area contributed by atoms with Crippen LogP contribution < -0.4 is 0 Å². The van der Waals surface area contributed by atoms with Crippen LogP contribution in [0.5, 0.6) is 0 Å². The van der Waals surface area contributed by atoms with Crippen molar-refractivity contribution in [3.8, 4) is 0 Å². The van der Waals surface area contributed by atoms with E-state index >= 15 is 0 Å². The minimum Gasteiger partial charge on any atom is -0.655 e. The Morgan fingerprint density at radius 2 is 1.90 bits per heavy atom. The molecule has 0 fully saturated rings. The fourth-order valence-electron chi connectivity index (χ4n) is 0. The molecule has 0 saturated heterocycles. The summed E-state index contributed by atoms with van der Waals surface area (Å²) < 4.78 is 3.74. The first-order valence-electron chi connectivity index (χ1n) is 2.18. The third-order valence-corrected chi connectivity index (χ3v) is 0.368. The van der Waals surface area contributed by atoms with E-state index in [4.69, 9.17) is 4.79 Å². The van der Waals surface area contributed by atoms with Crippen LogP contribution in [-0.4, -0.2) is 27.1 Å². The van der Waals surface area contributed by atoms with Crippen molar-refractivity contribution in [2.24, 2.45) is 0 Å². The number of methoxy groups -OCH3 is 1. The van der Waals surface area contributed by atoms with Crippen LogP contribution in [0.15, 0.2) is 0 Å². The summed E-state index contributed by atoms with van der Waals surface area (Å²) >= 11 is 0. The van der Waals surface area contributed by atoms with Gasteiger partial charge in [0.2, 0.25) is 0 Å². The summed E-state index contributed by atoms with van der Waals surface area (Å²) in [6.07, 6.45) is 1.31. The second kappa shape index (κ2) is 16.1. The van der Waals surface area contributed by atoms with Gasteiger partial charge >= 0.3 is 0 Å². The van der Waals surface area contributed by atoms with Crippen LogP contribution in [0.4, 0.5) is 0 Å². The summed E-state index contributed by atoms with van der Waals surface area (Å²) in [5, 5.41) is 0. The summed E-state index contributed by atoms with van der Waals surface area (Å²) in [7, 11) is 5.85. The van der Waals surface area contributed by atoms with Gasteiger partial charge in [0.1, 0.15) is 7.85 Å². The maximum absolute atomic E-state index is 9.53. The van der Waals surface area contributed by atoms with Crippen LogP contribution in [0.25, 0.3) is 0 Å². The van der Waals surface area contributed by atoms with E-state index in [1.54, 1.807) is 6.92 Å². The summed E-state index contributed by atoms with van der Waals surface area (Å²) in [4.78, 5) is 18.4. The topological polar surface area (TPSA) is 43.4 Å². The zero-order valence-corrected chi connectivity index (χ0v) is 8.80. The normalized spacial score (nSPS) is 5.40.